The van der Waals surface area contributed by atoms with Crippen molar-refractivity contribution >= 4 is 17.3 Å². The smallest absolute Gasteiger partial charge is 0.135 e. The van der Waals surface area contributed by atoms with E-state index in [1.54, 1.807) is 12.4 Å². The first-order valence-electron chi connectivity index (χ1n) is 8.16. The predicted molar refractivity (Wildman–Crippen MR) is 91.7 cm³/mol. The maximum atomic E-state index is 9.19. The first-order valence-corrected chi connectivity index (χ1v) is 8.16. The number of para-hydroxylation sites is 1. The van der Waals surface area contributed by atoms with Crippen LogP contribution in [0.4, 0.5) is 17.3 Å². The monoisotopic (exact) mass is 307 g/mol. The molecular formula is C18H21N5. The normalized spacial score (nSPS) is 17.6. The summed E-state index contributed by atoms with van der Waals surface area (Å²) in [6.07, 6.45) is 6.44. The van der Waals surface area contributed by atoms with E-state index in [9.17, 15) is 5.26 Å². The third-order valence-corrected chi connectivity index (χ3v) is 4.36. The van der Waals surface area contributed by atoms with E-state index in [1.807, 2.05) is 24.3 Å². The Kier molecular flexibility index (Phi) is 4.72. The van der Waals surface area contributed by atoms with Crippen LogP contribution in [0.15, 0.2) is 36.7 Å². The molecule has 0 spiro atoms. The second-order valence-electron chi connectivity index (χ2n) is 5.80. The molecule has 1 aliphatic rings. The second-order valence-corrected chi connectivity index (χ2v) is 5.80. The Hall–Kier alpha value is -2.61. The van der Waals surface area contributed by atoms with Gasteiger partial charge in [-0.15, -0.1) is 0 Å². The maximum Gasteiger partial charge on any atom is 0.135 e. The van der Waals surface area contributed by atoms with E-state index in [0.29, 0.717) is 11.6 Å². The summed E-state index contributed by atoms with van der Waals surface area (Å²) < 4.78 is 0. The van der Waals surface area contributed by atoms with E-state index in [1.165, 1.54) is 19.3 Å². The molecule has 2 aromatic rings. The Labute approximate surface area is 137 Å². The van der Waals surface area contributed by atoms with Crippen molar-refractivity contribution in [3.05, 3.63) is 42.2 Å². The minimum atomic E-state index is 0.554. The highest BCUT2D eigenvalue weighted by Gasteiger charge is 2.22. The molecule has 1 aromatic heterocycles. The lowest BCUT2D eigenvalue weighted by Crippen LogP contribution is -2.39. The van der Waals surface area contributed by atoms with Crippen LogP contribution in [0.2, 0.25) is 0 Å². The van der Waals surface area contributed by atoms with Crippen LogP contribution in [0.5, 0.6) is 0 Å². The molecule has 5 nitrogen and oxygen atoms in total. The number of aromatic nitrogens is 2. The molecule has 5 heteroatoms. The number of benzene rings is 1. The molecule has 1 unspecified atom stereocenters. The molecule has 118 valence electrons. The molecule has 0 radical (unpaired) electrons. The van der Waals surface area contributed by atoms with Crippen molar-refractivity contribution in [3.8, 4) is 6.07 Å². The molecule has 1 aromatic carbocycles. The van der Waals surface area contributed by atoms with Crippen LogP contribution in [0, 0.1) is 11.3 Å². The number of hydrogen-bond acceptors (Lipinski definition) is 5. The summed E-state index contributed by atoms with van der Waals surface area (Å²) in [6.45, 7) is 3.27. The lowest BCUT2D eigenvalue weighted by Gasteiger charge is -2.36. The third kappa shape index (κ3) is 3.42. The fraction of sp³-hybridized carbons (Fsp3) is 0.389. The highest BCUT2D eigenvalue weighted by atomic mass is 15.2. The van der Waals surface area contributed by atoms with Crippen LogP contribution >= 0.6 is 0 Å². The largest absolute Gasteiger partial charge is 0.353 e. The first-order chi connectivity index (χ1) is 11.3. The summed E-state index contributed by atoms with van der Waals surface area (Å²) in [6, 6.07) is 12.2. The molecule has 0 saturated carbocycles. The van der Waals surface area contributed by atoms with Crippen LogP contribution in [-0.4, -0.2) is 22.6 Å². The summed E-state index contributed by atoms with van der Waals surface area (Å²) in [7, 11) is 0. The summed E-state index contributed by atoms with van der Waals surface area (Å²) in [5.41, 5.74) is 1.38. The number of piperidine rings is 1. The minimum Gasteiger partial charge on any atom is -0.353 e. The van der Waals surface area contributed by atoms with Crippen molar-refractivity contribution in [2.24, 2.45) is 0 Å². The molecule has 1 atom stereocenters. The van der Waals surface area contributed by atoms with Gasteiger partial charge in [-0.3, -0.25) is 0 Å². The summed E-state index contributed by atoms with van der Waals surface area (Å²) in [4.78, 5) is 11.1. The van der Waals surface area contributed by atoms with Gasteiger partial charge in [0.25, 0.3) is 0 Å². The minimum absolute atomic E-state index is 0.554. The molecule has 1 fully saturated rings. The summed E-state index contributed by atoms with van der Waals surface area (Å²) in [5, 5.41) is 12.4. The molecule has 1 N–H and O–H groups in total. The molecular weight excluding hydrogens is 286 g/mol. The van der Waals surface area contributed by atoms with Crippen LogP contribution in [0.25, 0.3) is 0 Å². The quantitative estimate of drug-likeness (QED) is 0.929. The molecule has 0 amide bonds. The van der Waals surface area contributed by atoms with Gasteiger partial charge in [0, 0.05) is 18.7 Å². The predicted octanol–water partition coefficient (Wildman–Crippen LogP) is 3.86. The van der Waals surface area contributed by atoms with Gasteiger partial charge in [-0.2, -0.15) is 5.26 Å². The number of anilines is 3. The van der Waals surface area contributed by atoms with Crippen molar-refractivity contribution in [1.29, 1.82) is 5.26 Å². The Morgan fingerprint density at radius 2 is 2.17 bits per heavy atom. The van der Waals surface area contributed by atoms with E-state index in [-0.39, 0.29) is 0 Å². The molecule has 0 aliphatic carbocycles. The number of hydrogen-bond donors (Lipinski definition) is 1. The number of rotatable bonds is 4. The lowest BCUT2D eigenvalue weighted by molar-refractivity contribution is 0.446. The molecule has 0 bridgehead atoms. The van der Waals surface area contributed by atoms with Gasteiger partial charge in [0.15, 0.2) is 0 Å². The van der Waals surface area contributed by atoms with E-state index in [2.05, 4.69) is 33.2 Å². The first kappa shape index (κ1) is 15.3. The second kappa shape index (κ2) is 7.10. The fourth-order valence-corrected chi connectivity index (χ4v) is 3.13. The lowest BCUT2D eigenvalue weighted by atomic mass is 10.0. The maximum absolute atomic E-state index is 9.19. The van der Waals surface area contributed by atoms with Crippen molar-refractivity contribution < 1.29 is 0 Å². The Morgan fingerprint density at radius 1 is 1.30 bits per heavy atom. The third-order valence-electron chi connectivity index (χ3n) is 4.36. The average Bonchev–Trinajstić information content (AvgIpc) is 2.62. The fourth-order valence-electron chi connectivity index (χ4n) is 3.13. The molecule has 3 rings (SSSR count). The van der Waals surface area contributed by atoms with Crippen LogP contribution in [0.3, 0.4) is 0 Å². The number of nitrogens with one attached hydrogen (secondary N) is 1. The van der Waals surface area contributed by atoms with E-state index >= 15 is 0 Å². The zero-order chi connectivity index (χ0) is 16.1. The van der Waals surface area contributed by atoms with Crippen molar-refractivity contribution in [2.75, 3.05) is 16.8 Å². The van der Waals surface area contributed by atoms with Crippen molar-refractivity contribution in [3.63, 3.8) is 0 Å². The number of nitrogens with zero attached hydrogens (tertiary/aromatic N) is 4. The van der Waals surface area contributed by atoms with E-state index < -0.39 is 0 Å². The zero-order valence-corrected chi connectivity index (χ0v) is 13.4. The average molecular weight is 307 g/mol. The number of nitriles is 1. The van der Waals surface area contributed by atoms with Crippen LogP contribution in [0.1, 0.15) is 38.2 Å². The highest BCUT2D eigenvalue weighted by Crippen LogP contribution is 2.27. The Balaban J connectivity index is 1.84. The molecule has 1 saturated heterocycles. The van der Waals surface area contributed by atoms with Gasteiger partial charge in [-0.25, -0.2) is 9.97 Å². The molecule has 23 heavy (non-hydrogen) atoms. The van der Waals surface area contributed by atoms with Crippen molar-refractivity contribution in [2.45, 2.75) is 38.6 Å². The SMILES string of the molecule is CCC1CCCCN1c1cc(Nc2ccccc2C#N)ncn1. The van der Waals surface area contributed by atoms with Gasteiger partial charge in [0.05, 0.1) is 11.3 Å². The van der Waals surface area contributed by atoms with Crippen molar-refractivity contribution in [1.82, 2.24) is 9.97 Å². The molecule has 2 heterocycles. The Morgan fingerprint density at radius 3 is 3.00 bits per heavy atom. The van der Waals surface area contributed by atoms with E-state index in [0.717, 1.165) is 30.3 Å². The van der Waals surface area contributed by atoms with Crippen LogP contribution in [-0.2, 0) is 0 Å². The van der Waals surface area contributed by atoms with Gasteiger partial charge in [0.2, 0.25) is 0 Å². The highest BCUT2D eigenvalue weighted by molar-refractivity contribution is 5.65. The summed E-state index contributed by atoms with van der Waals surface area (Å²) >= 11 is 0. The van der Waals surface area contributed by atoms with Gasteiger partial charge in [-0.1, -0.05) is 19.1 Å². The van der Waals surface area contributed by atoms with Gasteiger partial charge < -0.3 is 10.2 Å². The van der Waals surface area contributed by atoms with Crippen LogP contribution < -0.4 is 10.2 Å². The zero-order valence-electron chi connectivity index (χ0n) is 13.4. The molecule has 1 aliphatic heterocycles. The Bertz CT molecular complexity index is 707. The van der Waals surface area contributed by atoms with E-state index in [4.69, 9.17) is 0 Å². The van der Waals surface area contributed by atoms with Gasteiger partial charge in [-0.05, 0) is 37.8 Å². The topological polar surface area (TPSA) is 64.8 Å². The van der Waals surface area contributed by atoms with Gasteiger partial charge >= 0.3 is 0 Å². The van der Waals surface area contributed by atoms with Gasteiger partial charge in [0.1, 0.15) is 24.0 Å². The summed E-state index contributed by atoms with van der Waals surface area (Å²) in [5.74, 6) is 1.68. The standard InChI is InChI=1S/C18H21N5/c1-2-15-8-5-6-10-23(15)18-11-17(20-13-21-18)22-16-9-4-3-7-14(16)12-19/h3-4,7,9,11,13,15H,2,5-6,8,10H2,1H3,(H,20,21,22).